The summed E-state index contributed by atoms with van der Waals surface area (Å²) in [5, 5.41) is 16.1. The molecule has 0 N–H and O–H groups in total. The number of alkyl halides is 5. The maximum absolute atomic E-state index is 13.0. The molecule has 0 aliphatic rings. The van der Waals surface area contributed by atoms with Gasteiger partial charge in [-0.15, -0.1) is 9.78 Å². The number of hydrogen-bond acceptors (Lipinski definition) is 4. The van der Waals surface area contributed by atoms with Crippen molar-refractivity contribution in [2.24, 2.45) is 0 Å². The third-order valence-corrected chi connectivity index (χ3v) is 1.99. The van der Waals surface area contributed by atoms with Gasteiger partial charge in [-0.25, -0.2) is 0 Å². The zero-order chi connectivity index (χ0) is 14.3. The number of aromatic nitrogens is 3. The number of hydrogen-bond donors (Lipinski definition) is 0. The molecule has 0 spiro atoms. The first kappa shape index (κ1) is 14.3. The second-order valence-electron chi connectivity index (χ2n) is 3.63. The van der Waals surface area contributed by atoms with Crippen LogP contribution in [0.1, 0.15) is 25.6 Å². The van der Waals surface area contributed by atoms with E-state index in [1.165, 1.54) is 13.8 Å². The first-order valence-electron chi connectivity index (χ1n) is 4.54. The number of nitro groups is 1. The van der Waals surface area contributed by atoms with E-state index in [4.69, 9.17) is 0 Å². The van der Waals surface area contributed by atoms with Crippen LogP contribution in [0.4, 0.5) is 27.8 Å². The molecular formula is C7H7F5N4O2. The molecule has 0 fully saturated rings. The maximum Gasteiger partial charge on any atom is 0.460 e. The van der Waals surface area contributed by atoms with E-state index in [9.17, 15) is 32.1 Å². The molecule has 0 unspecified atom stereocenters. The summed E-state index contributed by atoms with van der Waals surface area (Å²) in [6.07, 6.45) is -5.98. The Bertz CT molecular complexity index is 467. The first-order chi connectivity index (χ1) is 8.00. The Kier molecular flexibility index (Phi) is 3.28. The highest BCUT2D eigenvalue weighted by Crippen LogP contribution is 2.46. The van der Waals surface area contributed by atoms with Crippen LogP contribution in [-0.2, 0) is 5.92 Å². The molecule has 18 heavy (non-hydrogen) atoms. The van der Waals surface area contributed by atoms with Gasteiger partial charge in [-0.2, -0.15) is 22.0 Å². The lowest BCUT2D eigenvalue weighted by atomic mass is 10.2. The van der Waals surface area contributed by atoms with Gasteiger partial charge < -0.3 is 10.1 Å². The zero-order valence-electron chi connectivity index (χ0n) is 9.07. The molecule has 0 bridgehead atoms. The lowest BCUT2D eigenvalue weighted by Crippen LogP contribution is -2.34. The van der Waals surface area contributed by atoms with Gasteiger partial charge in [0.25, 0.3) is 0 Å². The van der Waals surface area contributed by atoms with Gasteiger partial charge in [-0.05, 0) is 18.8 Å². The van der Waals surface area contributed by atoms with Crippen molar-refractivity contribution in [1.82, 2.24) is 15.0 Å². The van der Waals surface area contributed by atoms with Crippen LogP contribution in [0.15, 0.2) is 0 Å². The van der Waals surface area contributed by atoms with Crippen LogP contribution >= 0.6 is 0 Å². The number of halogens is 5. The molecule has 102 valence electrons. The predicted octanol–water partition coefficient (Wildman–Crippen LogP) is 2.42. The van der Waals surface area contributed by atoms with E-state index in [1.54, 1.807) is 0 Å². The van der Waals surface area contributed by atoms with Crippen molar-refractivity contribution >= 4 is 5.82 Å². The molecule has 1 aromatic heterocycles. The van der Waals surface area contributed by atoms with Crippen molar-refractivity contribution in [3.05, 3.63) is 15.8 Å². The summed E-state index contributed by atoms with van der Waals surface area (Å²) in [4.78, 5) is 9.22. The van der Waals surface area contributed by atoms with E-state index in [1.807, 2.05) is 0 Å². The molecule has 0 saturated heterocycles. The highest BCUT2D eigenvalue weighted by atomic mass is 19.4. The fourth-order valence-corrected chi connectivity index (χ4v) is 1.14. The summed E-state index contributed by atoms with van der Waals surface area (Å²) in [7, 11) is 0. The van der Waals surface area contributed by atoms with Crippen molar-refractivity contribution in [3.8, 4) is 0 Å². The molecule has 0 saturated carbocycles. The summed E-state index contributed by atoms with van der Waals surface area (Å²) in [6, 6.07) is -0.782. The van der Waals surface area contributed by atoms with Gasteiger partial charge in [0, 0.05) is 5.21 Å². The van der Waals surface area contributed by atoms with Gasteiger partial charge in [0.15, 0.2) is 0 Å². The van der Waals surface area contributed by atoms with Crippen LogP contribution in [0.25, 0.3) is 0 Å². The van der Waals surface area contributed by atoms with Gasteiger partial charge in [-0.3, -0.25) is 0 Å². The molecular weight excluding hydrogens is 267 g/mol. The molecule has 0 aromatic carbocycles. The Morgan fingerprint density at radius 3 is 2.11 bits per heavy atom. The monoisotopic (exact) mass is 274 g/mol. The predicted molar refractivity (Wildman–Crippen MR) is 47.0 cm³/mol. The van der Waals surface area contributed by atoms with Crippen LogP contribution in [0.3, 0.4) is 0 Å². The van der Waals surface area contributed by atoms with Crippen LogP contribution < -0.4 is 0 Å². The second kappa shape index (κ2) is 4.14. The van der Waals surface area contributed by atoms with E-state index >= 15 is 0 Å². The van der Waals surface area contributed by atoms with E-state index in [0.29, 0.717) is 4.68 Å². The molecule has 0 amide bonds. The largest absolute Gasteiger partial charge is 0.460 e. The molecule has 0 radical (unpaired) electrons. The van der Waals surface area contributed by atoms with Crippen molar-refractivity contribution < 1.29 is 26.9 Å². The van der Waals surface area contributed by atoms with E-state index < -0.39 is 34.6 Å². The quantitative estimate of drug-likeness (QED) is 0.482. The third-order valence-electron chi connectivity index (χ3n) is 1.99. The van der Waals surface area contributed by atoms with Crippen molar-refractivity contribution in [2.75, 3.05) is 0 Å². The Morgan fingerprint density at radius 2 is 1.78 bits per heavy atom. The normalized spacial score (nSPS) is 13.1. The van der Waals surface area contributed by atoms with Gasteiger partial charge >= 0.3 is 17.9 Å². The fourth-order valence-electron chi connectivity index (χ4n) is 1.14. The van der Waals surface area contributed by atoms with Crippen LogP contribution in [0, 0.1) is 10.1 Å². The Morgan fingerprint density at radius 1 is 1.28 bits per heavy atom. The van der Waals surface area contributed by atoms with Crippen molar-refractivity contribution in [2.45, 2.75) is 32.0 Å². The lowest BCUT2D eigenvalue weighted by molar-refractivity contribution is -0.397. The summed E-state index contributed by atoms with van der Waals surface area (Å²) < 4.78 is 62.8. The molecule has 0 aliphatic carbocycles. The molecule has 0 aliphatic heterocycles. The number of rotatable bonds is 3. The minimum Gasteiger partial charge on any atom is -0.358 e. The summed E-state index contributed by atoms with van der Waals surface area (Å²) in [5.74, 6) is -6.89. The Hall–Kier alpha value is -1.81. The lowest BCUT2D eigenvalue weighted by Gasteiger charge is -2.16. The fraction of sp³-hybridized carbons (Fsp3) is 0.714. The average molecular weight is 274 g/mol. The maximum atomic E-state index is 13.0. The summed E-state index contributed by atoms with van der Waals surface area (Å²) >= 11 is 0. The minimum absolute atomic E-state index is 0.398. The molecule has 1 rings (SSSR count). The highest BCUT2D eigenvalue weighted by Gasteiger charge is 2.64. The van der Waals surface area contributed by atoms with Crippen LogP contribution in [0.5, 0.6) is 0 Å². The SMILES string of the molecule is CC(C)n1nnc(C(F)(F)C(F)(F)F)c1[N+](=O)[O-]. The molecule has 0 atom stereocenters. The summed E-state index contributed by atoms with van der Waals surface area (Å²) in [6.45, 7) is 2.66. The molecule has 1 heterocycles. The molecule has 11 heteroatoms. The Balaban J connectivity index is 3.48. The van der Waals surface area contributed by atoms with Crippen molar-refractivity contribution in [3.63, 3.8) is 0 Å². The standard InChI is InChI=1S/C7H7F5N4O2/c1-3(2)15-5(16(17)18)4(13-14-15)6(8,9)7(10,11)12/h3H,1-2H3. The van der Waals surface area contributed by atoms with Crippen molar-refractivity contribution in [1.29, 1.82) is 0 Å². The smallest absolute Gasteiger partial charge is 0.358 e. The van der Waals surface area contributed by atoms with Crippen LogP contribution in [-0.4, -0.2) is 26.1 Å². The van der Waals surface area contributed by atoms with E-state index in [-0.39, 0.29) is 0 Å². The zero-order valence-corrected chi connectivity index (χ0v) is 9.07. The van der Waals surface area contributed by atoms with Gasteiger partial charge in [0.05, 0.1) is 0 Å². The first-order valence-corrected chi connectivity index (χ1v) is 4.54. The molecule has 1 aromatic rings. The highest BCUT2D eigenvalue weighted by molar-refractivity contribution is 5.31. The number of nitrogens with zero attached hydrogens (tertiary/aromatic N) is 4. The van der Waals surface area contributed by atoms with E-state index in [0.717, 1.165) is 0 Å². The minimum atomic E-state index is -5.98. The third kappa shape index (κ3) is 2.11. The van der Waals surface area contributed by atoms with Gasteiger partial charge in [-0.1, -0.05) is 0 Å². The second-order valence-corrected chi connectivity index (χ2v) is 3.63. The van der Waals surface area contributed by atoms with E-state index in [2.05, 4.69) is 10.3 Å². The average Bonchev–Trinajstić information content (AvgIpc) is 2.59. The van der Waals surface area contributed by atoms with Gasteiger partial charge in [0.2, 0.25) is 5.69 Å². The van der Waals surface area contributed by atoms with Gasteiger partial charge in [0.1, 0.15) is 6.04 Å². The Labute approximate surface area is 96.5 Å². The topological polar surface area (TPSA) is 73.8 Å². The molecule has 6 nitrogen and oxygen atoms in total. The summed E-state index contributed by atoms with van der Waals surface area (Å²) in [5.41, 5.74) is -2.01. The van der Waals surface area contributed by atoms with Crippen LogP contribution in [0.2, 0.25) is 0 Å².